The minimum Gasteiger partial charge on any atom is -0.477 e. The highest BCUT2D eigenvalue weighted by atomic mass is 16.5. The van der Waals surface area contributed by atoms with E-state index in [4.69, 9.17) is 14.5 Å². The number of benzene rings is 2. The Balaban J connectivity index is 1.21. The van der Waals surface area contributed by atoms with Crippen LogP contribution in [0.25, 0.3) is 10.8 Å². The number of ether oxygens (including phenoxy) is 2. The zero-order valence-corrected chi connectivity index (χ0v) is 27.0. The monoisotopic (exact) mass is 631 g/mol. The van der Waals surface area contributed by atoms with Gasteiger partial charge in [-0.05, 0) is 49.3 Å². The first kappa shape index (κ1) is 31.0. The number of rotatable bonds is 9. The molecule has 3 saturated heterocycles. The van der Waals surface area contributed by atoms with Crippen LogP contribution in [0, 0.1) is 29.6 Å². The van der Waals surface area contributed by atoms with Gasteiger partial charge in [-0.2, -0.15) is 10.5 Å². The molecule has 0 radical (unpaired) electrons. The Morgan fingerprint density at radius 2 is 2.00 bits per heavy atom. The molecule has 0 aliphatic carbocycles. The lowest BCUT2D eigenvalue weighted by Crippen LogP contribution is -2.55. The fourth-order valence-electron chi connectivity index (χ4n) is 8.00. The summed E-state index contributed by atoms with van der Waals surface area (Å²) in [6.07, 6.45) is 4.52. The number of morpholine rings is 1. The molecule has 3 aromatic rings. The van der Waals surface area contributed by atoms with Crippen molar-refractivity contribution >= 4 is 28.1 Å². The average molecular weight is 632 g/mol. The smallest absolute Gasteiger partial charge is 0.246 e. The highest BCUT2D eigenvalue weighted by Gasteiger charge is 2.38. The average Bonchev–Trinajstić information content (AvgIpc) is 3.73. The van der Waals surface area contributed by atoms with Gasteiger partial charge in [-0.1, -0.05) is 36.9 Å². The molecule has 7 rings (SSSR count). The van der Waals surface area contributed by atoms with Crippen molar-refractivity contribution in [2.45, 2.75) is 57.3 Å². The number of likely N-dealkylation sites (tertiary alicyclic amines) is 1. The third-order valence-corrected chi connectivity index (χ3v) is 10.3. The minimum absolute atomic E-state index is 0.176. The number of amides is 1. The summed E-state index contributed by atoms with van der Waals surface area (Å²) in [4.78, 5) is 26.5. The first-order valence-electron chi connectivity index (χ1n) is 16.7. The van der Waals surface area contributed by atoms with E-state index in [-0.39, 0.29) is 18.4 Å². The van der Waals surface area contributed by atoms with Gasteiger partial charge in [-0.25, -0.2) is 4.98 Å². The van der Waals surface area contributed by atoms with Crippen LogP contribution in [0.1, 0.15) is 41.6 Å². The largest absolute Gasteiger partial charge is 0.477 e. The van der Waals surface area contributed by atoms with Gasteiger partial charge in [0.2, 0.25) is 11.8 Å². The molecule has 4 aliphatic rings. The summed E-state index contributed by atoms with van der Waals surface area (Å²) in [5, 5.41) is 22.7. The van der Waals surface area contributed by atoms with Crippen molar-refractivity contribution < 1.29 is 14.3 Å². The lowest BCUT2D eigenvalue weighted by Gasteiger charge is -2.43. The summed E-state index contributed by atoms with van der Waals surface area (Å²) in [6, 6.07) is 17.7. The molecule has 3 fully saturated rings. The molecule has 4 aliphatic heterocycles. The van der Waals surface area contributed by atoms with Gasteiger partial charge in [0.15, 0.2) is 0 Å². The molecule has 0 saturated carbocycles. The van der Waals surface area contributed by atoms with E-state index in [2.05, 4.69) is 76.7 Å². The topological polar surface area (TPSA) is 109 Å². The maximum Gasteiger partial charge on any atom is 0.246 e. The molecule has 0 N–H and O–H groups in total. The predicted molar refractivity (Wildman–Crippen MR) is 180 cm³/mol. The van der Waals surface area contributed by atoms with Crippen LogP contribution in [0.2, 0.25) is 0 Å². The van der Waals surface area contributed by atoms with Gasteiger partial charge < -0.3 is 24.2 Å². The number of nitriles is 2. The summed E-state index contributed by atoms with van der Waals surface area (Å²) < 4.78 is 12.1. The van der Waals surface area contributed by atoms with Gasteiger partial charge >= 0.3 is 0 Å². The third-order valence-electron chi connectivity index (χ3n) is 10.3. The predicted octanol–water partition coefficient (Wildman–Crippen LogP) is 4.34. The van der Waals surface area contributed by atoms with Crippen LogP contribution in [0.15, 0.2) is 49.1 Å². The highest BCUT2D eigenvalue weighted by Crippen LogP contribution is 2.40. The molecule has 2 bridgehead atoms. The molecule has 1 aromatic heterocycles. The lowest BCUT2D eigenvalue weighted by molar-refractivity contribution is -0.128. The number of hydrogen-bond donors (Lipinski definition) is 0. The number of fused-ring (bicyclic) bond motifs is 4. The fraction of sp³-hybridized carbons (Fsp3) is 0.459. The maximum atomic E-state index is 12.7. The molecule has 10 heteroatoms. The van der Waals surface area contributed by atoms with Crippen LogP contribution < -0.4 is 14.5 Å². The van der Waals surface area contributed by atoms with E-state index in [0.717, 1.165) is 56.0 Å². The Kier molecular flexibility index (Phi) is 8.72. The Bertz CT molecular complexity index is 1770. The Labute approximate surface area is 276 Å². The zero-order valence-electron chi connectivity index (χ0n) is 27.0. The molecule has 242 valence electrons. The van der Waals surface area contributed by atoms with Crippen molar-refractivity contribution in [3.63, 3.8) is 0 Å². The number of carbonyl (C=O) groups is 1. The second-order valence-electron chi connectivity index (χ2n) is 13.0. The van der Waals surface area contributed by atoms with Gasteiger partial charge in [0.05, 0.1) is 55.8 Å². The SMILES string of the molecule is C=CC(=O)N1CCN(c2c(C#N)c(OCCCN3C[C@H]4C[C@@H]3CO4)nc3c2CCN(c2cccc4cccc(C)c24)C3)C[C@@H]1CC#N. The number of nitrogens with zero attached hydrogens (tertiary/aromatic N) is 7. The van der Waals surface area contributed by atoms with Gasteiger partial charge in [-0.15, -0.1) is 0 Å². The minimum atomic E-state index is -0.308. The van der Waals surface area contributed by atoms with Crippen molar-refractivity contribution in [1.29, 1.82) is 10.5 Å². The second kappa shape index (κ2) is 13.2. The summed E-state index contributed by atoms with van der Waals surface area (Å²) in [5.41, 5.74) is 5.64. The van der Waals surface area contributed by atoms with Gasteiger partial charge in [0, 0.05) is 61.9 Å². The Morgan fingerprint density at radius 1 is 1.15 bits per heavy atom. The Morgan fingerprint density at radius 3 is 2.74 bits per heavy atom. The van der Waals surface area contributed by atoms with Crippen LogP contribution in [0.5, 0.6) is 5.88 Å². The van der Waals surface area contributed by atoms with E-state index in [1.807, 2.05) is 0 Å². The van der Waals surface area contributed by atoms with E-state index in [9.17, 15) is 15.3 Å². The van der Waals surface area contributed by atoms with E-state index in [1.165, 1.54) is 28.1 Å². The molecule has 5 heterocycles. The van der Waals surface area contributed by atoms with Crippen molar-refractivity contribution in [2.75, 3.05) is 62.3 Å². The van der Waals surface area contributed by atoms with Gasteiger partial charge in [0.1, 0.15) is 11.6 Å². The third kappa shape index (κ3) is 5.88. The zero-order chi connectivity index (χ0) is 32.5. The van der Waals surface area contributed by atoms with Crippen molar-refractivity contribution in [1.82, 2.24) is 14.8 Å². The quantitative estimate of drug-likeness (QED) is 0.252. The summed E-state index contributed by atoms with van der Waals surface area (Å²) >= 11 is 0. The number of pyridine rings is 1. The first-order chi connectivity index (χ1) is 23.0. The molecular weight excluding hydrogens is 590 g/mol. The van der Waals surface area contributed by atoms with E-state index >= 15 is 0 Å². The second-order valence-corrected chi connectivity index (χ2v) is 13.0. The molecule has 47 heavy (non-hydrogen) atoms. The Hall–Kier alpha value is -4.64. The fourth-order valence-corrected chi connectivity index (χ4v) is 8.00. The van der Waals surface area contributed by atoms with Crippen LogP contribution in [-0.2, 0) is 22.5 Å². The number of anilines is 2. The summed E-state index contributed by atoms with van der Waals surface area (Å²) in [6.45, 7) is 11.8. The molecular formula is C37H41N7O3. The summed E-state index contributed by atoms with van der Waals surface area (Å²) in [5.74, 6) is 0.190. The number of carbonyl (C=O) groups excluding carboxylic acids is 1. The maximum absolute atomic E-state index is 12.7. The normalized spacial score (nSPS) is 22.2. The molecule has 0 unspecified atom stereocenters. The number of piperazine rings is 1. The molecule has 3 atom stereocenters. The van der Waals surface area contributed by atoms with E-state index in [0.29, 0.717) is 62.8 Å². The number of hydrogen-bond acceptors (Lipinski definition) is 9. The standard InChI is InChI=1S/C37H41N7O3/c1-3-34(45)44-17-16-43(21-27(44)11-13-38)36-30-12-15-42(33-10-5-9-26-8-4-7-25(2)35(26)33)23-32(30)40-37(31(36)20-39)46-18-6-14-41-22-29-19-28(41)24-47-29/h3-5,7-10,27-29H,1,6,11-12,14-19,21-24H2,2H3/t27-,28+,29+/m0/s1. The molecule has 2 aromatic carbocycles. The lowest BCUT2D eigenvalue weighted by atomic mass is 9.95. The first-order valence-corrected chi connectivity index (χ1v) is 16.7. The number of aromatic nitrogens is 1. The van der Waals surface area contributed by atoms with Gasteiger partial charge in [-0.3, -0.25) is 9.69 Å². The highest BCUT2D eigenvalue weighted by molar-refractivity contribution is 5.97. The van der Waals surface area contributed by atoms with E-state index < -0.39 is 0 Å². The summed E-state index contributed by atoms with van der Waals surface area (Å²) in [7, 11) is 0. The molecule has 10 nitrogen and oxygen atoms in total. The van der Waals surface area contributed by atoms with Crippen LogP contribution in [0.4, 0.5) is 11.4 Å². The molecule has 1 amide bonds. The van der Waals surface area contributed by atoms with Crippen molar-refractivity contribution in [3.8, 4) is 18.0 Å². The van der Waals surface area contributed by atoms with Crippen LogP contribution >= 0.6 is 0 Å². The van der Waals surface area contributed by atoms with E-state index in [1.54, 1.807) is 4.90 Å². The molecule has 0 spiro atoms. The van der Waals surface area contributed by atoms with Crippen LogP contribution in [0.3, 0.4) is 0 Å². The van der Waals surface area contributed by atoms with Gasteiger partial charge in [0.25, 0.3) is 0 Å². The van der Waals surface area contributed by atoms with Crippen molar-refractivity contribution in [3.05, 3.63) is 71.4 Å². The van der Waals surface area contributed by atoms with Crippen molar-refractivity contribution in [2.24, 2.45) is 0 Å². The van der Waals surface area contributed by atoms with Crippen LogP contribution in [-0.4, -0.2) is 91.4 Å². The number of aryl methyl sites for hydroxylation is 1.